The van der Waals surface area contributed by atoms with Gasteiger partial charge in [-0.05, 0) is 60.4 Å². The molecule has 0 unspecified atom stereocenters. The number of aromatic nitrogens is 3. The van der Waals surface area contributed by atoms with E-state index in [1.165, 1.54) is 16.7 Å². The Bertz CT molecular complexity index is 1260. The van der Waals surface area contributed by atoms with Crippen LogP contribution >= 0.6 is 23.5 Å². The third kappa shape index (κ3) is 5.86. The largest absolute Gasteiger partial charge is 0.497 e. The van der Waals surface area contributed by atoms with Gasteiger partial charge >= 0.3 is 0 Å². The van der Waals surface area contributed by atoms with E-state index in [1.807, 2.05) is 89.7 Å². The highest BCUT2D eigenvalue weighted by atomic mass is 32.2. The molecule has 7 nitrogen and oxygen atoms in total. The number of ether oxygens (including phenoxy) is 1. The molecule has 0 aliphatic rings. The van der Waals surface area contributed by atoms with Gasteiger partial charge in [-0.15, -0.1) is 22.0 Å². The highest BCUT2D eigenvalue weighted by molar-refractivity contribution is 7.99. The van der Waals surface area contributed by atoms with Crippen molar-refractivity contribution in [2.45, 2.75) is 10.1 Å². The Morgan fingerprint density at radius 2 is 1.76 bits per heavy atom. The maximum Gasteiger partial charge on any atom is 0.250 e. The predicted octanol–water partition coefficient (Wildman–Crippen LogP) is 4.91. The Kier molecular flexibility index (Phi) is 8.00. The number of methoxy groups -OCH3 is 1. The minimum absolute atomic E-state index is 0.149. The fraction of sp³-hybridized carbons (Fsp3) is 0.120. The zero-order valence-corrected chi connectivity index (χ0v) is 20.3. The molecule has 0 atom stereocenters. The minimum Gasteiger partial charge on any atom is -0.497 e. The topological polar surface area (TPSA) is 81.4 Å². The van der Waals surface area contributed by atoms with Crippen molar-refractivity contribution in [3.63, 3.8) is 0 Å². The lowest BCUT2D eigenvalue weighted by molar-refractivity contribution is -0.118. The lowest BCUT2D eigenvalue weighted by Gasteiger charge is -2.10. The molecular formula is C25H23N5O2S2. The molecule has 172 valence electrons. The van der Waals surface area contributed by atoms with E-state index in [2.05, 4.69) is 20.7 Å². The molecule has 4 aromatic rings. The molecule has 3 aromatic carbocycles. The first-order chi connectivity index (χ1) is 16.7. The minimum atomic E-state index is -0.226. The van der Waals surface area contributed by atoms with Crippen molar-refractivity contribution >= 4 is 35.6 Å². The summed E-state index contributed by atoms with van der Waals surface area (Å²) in [6, 6.07) is 25.4. The number of carbonyl (C=O) groups excluding carboxylic acids is 1. The van der Waals surface area contributed by atoms with Gasteiger partial charge in [0.1, 0.15) is 5.75 Å². The normalized spacial score (nSPS) is 11.0. The van der Waals surface area contributed by atoms with Crippen LogP contribution in [0.4, 0.5) is 0 Å². The standard InChI is InChI=1S/C25H23N5O2S2/c1-32-21-12-10-19(11-13-21)24-28-29-25(30(24)20-6-4-3-5-7-20)34-17-23(31)27-26-16-18-8-14-22(33-2)15-9-18/h3-16H,17H2,1-2H3,(H,27,31)/b26-16-. The number of hydrogen-bond acceptors (Lipinski definition) is 7. The molecule has 0 fully saturated rings. The Labute approximate surface area is 206 Å². The van der Waals surface area contributed by atoms with Crippen molar-refractivity contribution in [2.24, 2.45) is 5.10 Å². The van der Waals surface area contributed by atoms with Crippen molar-refractivity contribution in [3.8, 4) is 22.8 Å². The fourth-order valence-corrected chi connectivity index (χ4v) is 4.28. The zero-order valence-electron chi connectivity index (χ0n) is 18.7. The summed E-state index contributed by atoms with van der Waals surface area (Å²) in [7, 11) is 1.63. The molecule has 0 saturated heterocycles. The Hall–Kier alpha value is -3.56. The van der Waals surface area contributed by atoms with E-state index in [0.29, 0.717) is 11.0 Å². The highest BCUT2D eigenvalue weighted by Gasteiger charge is 2.17. The van der Waals surface area contributed by atoms with Crippen LogP contribution in [0.5, 0.6) is 5.75 Å². The second-order valence-electron chi connectivity index (χ2n) is 7.06. The highest BCUT2D eigenvalue weighted by Crippen LogP contribution is 2.28. The molecule has 4 rings (SSSR count). The fourth-order valence-electron chi connectivity index (χ4n) is 3.13. The average molecular weight is 490 g/mol. The van der Waals surface area contributed by atoms with Gasteiger partial charge in [-0.1, -0.05) is 42.1 Å². The third-order valence-corrected chi connectivity index (χ3v) is 6.52. The van der Waals surface area contributed by atoms with E-state index in [-0.39, 0.29) is 11.7 Å². The molecule has 0 aliphatic carbocycles. The number of thioether (sulfide) groups is 2. The molecule has 0 radical (unpaired) electrons. The maximum atomic E-state index is 12.4. The Morgan fingerprint density at radius 1 is 1.03 bits per heavy atom. The van der Waals surface area contributed by atoms with Gasteiger partial charge < -0.3 is 4.74 Å². The van der Waals surface area contributed by atoms with Crippen LogP contribution in [0.25, 0.3) is 17.1 Å². The van der Waals surface area contributed by atoms with E-state index < -0.39 is 0 Å². The summed E-state index contributed by atoms with van der Waals surface area (Å²) < 4.78 is 7.20. The number of hydrazone groups is 1. The molecule has 34 heavy (non-hydrogen) atoms. The number of para-hydroxylation sites is 1. The lowest BCUT2D eigenvalue weighted by Crippen LogP contribution is -2.20. The van der Waals surface area contributed by atoms with E-state index in [0.717, 1.165) is 22.6 Å². The monoisotopic (exact) mass is 489 g/mol. The molecule has 1 amide bonds. The molecule has 9 heteroatoms. The first-order valence-electron chi connectivity index (χ1n) is 10.4. The number of carbonyl (C=O) groups is 1. The summed E-state index contributed by atoms with van der Waals surface area (Å²) >= 11 is 2.98. The summed E-state index contributed by atoms with van der Waals surface area (Å²) in [5.74, 6) is 1.37. The second-order valence-corrected chi connectivity index (χ2v) is 8.88. The molecule has 1 heterocycles. The van der Waals surface area contributed by atoms with Crippen LogP contribution in [0, 0.1) is 0 Å². The van der Waals surface area contributed by atoms with Gasteiger partial charge in [0.05, 0.1) is 19.1 Å². The van der Waals surface area contributed by atoms with Gasteiger partial charge in [-0.3, -0.25) is 9.36 Å². The van der Waals surface area contributed by atoms with E-state index in [1.54, 1.807) is 25.1 Å². The van der Waals surface area contributed by atoms with Crippen molar-refractivity contribution in [2.75, 3.05) is 19.1 Å². The predicted molar refractivity (Wildman–Crippen MR) is 138 cm³/mol. The third-order valence-electron chi connectivity index (χ3n) is 4.85. The van der Waals surface area contributed by atoms with Crippen LogP contribution in [0.1, 0.15) is 5.56 Å². The molecule has 1 N–H and O–H groups in total. The number of amides is 1. The van der Waals surface area contributed by atoms with Crippen LogP contribution in [-0.2, 0) is 4.79 Å². The van der Waals surface area contributed by atoms with Crippen molar-refractivity contribution < 1.29 is 9.53 Å². The Morgan fingerprint density at radius 3 is 2.44 bits per heavy atom. The zero-order chi connectivity index (χ0) is 23.8. The van der Waals surface area contributed by atoms with Gasteiger partial charge in [0.25, 0.3) is 5.91 Å². The first-order valence-corrected chi connectivity index (χ1v) is 12.6. The first kappa shape index (κ1) is 23.6. The number of nitrogens with zero attached hydrogens (tertiary/aromatic N) is 4. The lowest BCUT2D eigenvalue weighted by atomic mass is 10.2. The maximum absolute atomic E-state index is 12.4. The molecule has 1 aromatic heterocycles. The summed E-state index contributed by atoms with van der Waals surface area (Å²) in [4.78, 5) is 13.6. The average Bonchev–Trinajstić information content (AvgIpc) is 3.32. The van der Waals surface area contributed by atoms with Crippen LogP contribution in [0.3, 0.4) is 0 Å². The molecule has 0 aliphatic heterocycles. The summed E-state index contributed by atoms with van der Waals surface area (Å²) in [5.41, 5.74) is 5.29. The number of rotatable bonds is 9. The van der Waals surface area contributed by atoms with Crippen molar-refractivity contribution in [1.82, 2.24) is 20.2 Å². The van der Waals surface area contributed by atoms with Gasteiger partial charge in [0.15, 0.2) is 11.0 Å². The van der Waals surface area contributed by atoms with Crippen LogP contribution < -0.4 is 10.2 Å². The van der Waals surface area contributed by atoms with Crippen LogP contribution in [-0.4, -0.2) is 46.0 Å². The van der Waals surface area contributed by atoms with Crippen LogP contribution in [0.15, 0.2) is 94.0 Å². The van der Waals surface area contributed by atoms with Gasteiger partial charge in [0.2, 0.25) is 0 Å². The molecule has 0 spiro atoms. The molecule has 0 bridgehead atoms. The quantitative estimate of drug-likeness (QED) is 0.204. The van der Waals surface area contributed by atoms with Gasteiger partial charge in [-0.2, -0.15) is 5.10 Å². The van der Waals surface area contributed by atoms with Crippen LogP contribution in [0.2, 0.25) is 0 Å². The smallest absolute Gasteiger partial charge is 0.250 e. The summed E-state index contributed by atoms with van der Waals surface area (Å²) in [6.45, 7) is 0. The van der Waals surface area contributed by atoms with Gasteiger partial charge in [-0.25, -0.2) is 5.43 Å². The summed E-state index contributed by atoms with van der Waals surface area (Å²) in [5, 5.41) is 13.4. The Balaban J connectivity index is 1.47. The van der Waals surface area contributed by atoms with Crippen molar-refractivity contribution in [1.29, 1.82) is 0 Å². The second kappa shape index (κ2) is 11.5. The molecular weight excluding hydrogens is 466 g/mol. The van der Waals surface area contributed by atoms with E-state index >= 15 is 0 Å². The van der Waals surface area contributed by atoms with E-state index in [4.69, 9.17) is 4.74 Å². The number of nitrogens with one attached hydrogen (secondary N) is 1. The molecule has 0 saturated carbocycles. The number of benzene rings is 3. The summed E-state index contributed by atoms with van der Waals surface area (Å²) in [6.07, 6.45) is 3.65. The van der Waals surface area contributed by atoms with Crippen molar-refractivity contribution in [3.05, 3.63) is 84.4 Å². The van der Waals surface area contributed by atoms with E-state index in [9.17, 15) is 4.79 Å². The van der Waals surface area contributed by atoms with Gasteiger partial charge in [0, 0.05) is 16.1 Å². The SMILES string of the molecule is COc1ccc(-c2nnc(SCC(=O)N/N=C\c3ccc(SC)cc3)n2-c2ccccc2)cc1. The number of hydrogen-bond donors (Lipinski definition) is 1.